The second kappa shape index (κ2) is 13.3. The second-order valence-electron chi connectivity index (χ2n) is 11.8. The molecule has 8 heteroatoms. The molecule has 0 saturated heterocycles. The van der Waals surface area contributed by atoms with E-state index in [1.165, 1.54) is 12.1 Å². The number of fused-ring (bicyclic) bond motifs is 1. The number of alkyl carbamates (subject to hydrolysis) is 1. The van der Waals surface area contributed by atoms with Crippen molar-refractivity contribution in [2.24, 2.45) is 0 Å². The number of carbonyl (C=O) groups is 3. The predicted octanol–water partition coefficient (Wildman–Crippen LogP) is 6.40. The van der Waals surface area contributed by atoms with Gasteiger partial charge in [0.2, 0.25) is 0 Å². The maximum atomic E-state index is 14.2. The first-order valence-corrected chi connectivity index (χ1v) is 14.3. The Labute approximate surface area is 258 Å². The summed E-state index contributed by atoms with van der Waals surface area (Å²) in [6.45, 7) is 8.93. The number of anilines is 1. The quantitative estimate of drug-likeness (QED) is 0.162. The first kappa shape index (κ1) is 31.6. The number of aryl methyl sites for hydroxylation is 2. The van der Waals surface area contributed by atoms with E-state index in [1.54, 1.807) is 39.0 Å². The molecular weight excluding hydrogens is 554 g/mol. The lowest BCUT2D eigenvalue weighted by Crippen LogP contribution is -2.51. The Morgan fingerprint density at radius 1 is 0.909 bits per heavy atom. The van der Waals surface area contributed by atoms with Crippen LogP contribution in [0.2, 0.25) is 0 Å². The molecular formula is C36H37N3O5. The van der Waals surface area contributed by atoms with Gasteiger partial charge in [0.05, 0.1) is 0 Å². The number of hydrogen-bond donors (Lipinski definition) is 3. The van der Waals surface area contributed by atoms with E-state index in [2.05, 4.69) is 16.7 Å². The molecule has 8 nitrogen and oxygen atoms in total. The number of benzene rings is 4. The molecule has 0 aliphatic rings. The Bertz CT molecular complexity index is 1700. The van der Waals surface area contributed by atoms with Gasteiger partial charge in [-0.25, -0.2) is 4.79 Å². The third-order valence-corrected chi connectivity index (χ3v) is 6.83. The Morgan fingerprint density at radius 2 is 1.55 bits per heavy atom. The van der Waals surface area contributed by atoms with Crippen LogP contribution in [0.1, 0.15) is 49.1 Å². The van der Waals surface area contributed by atoms with Crippen LogP contribution in [0.25, 0.3) is 10.8 Å². The molecule has 0 heterocycles. The highest BCUT2D eigenvalue weighted by Gasteiger charge is 2.36. The van der Waals surface area contributed by atoms with Crippen LogP contribution in [0, 0.1) is 26.3 Å². The van der Waals surface area contributed by atoms with Gasteiger partial charge in [-0.05, 0) is 80.8 Å². The van der Waals surface area contributed by atoms with Gasteiger partial charge >= 0.3 is 6.09 Å². The summed E-state index contributed by atoms with van der Waals surface area (Å²) in [6, 6.07) is 25.2. The molecule has 0 aliphatic heterocycles. The number of rotatable bonds is 8. The highest BCUT2D eigenvalue weighted by atomic mass is 16.6. The first-order chi connectivity index (χ1) is 20.8. The van der Waals surface area contributed by atoms with E-state index >= 15 is 0 Å². The third kappa shape index (κ3) is 8.17. The molecule has 44 heavy (non-hydrogen) atoms. The number of phenolic OH excluding ortho intramolecular Hbond substituents is 1. The normalized spacial score (nSPS) is 12.5. The fraction of sp³-hybridized carbons (Fsp3) is 0.250. The SMILES string of the molecule is C#CN(C(=O)C(Cc1ccc(O)cc1)NC(=O)OC(C)(C)C)C(C(=O)Nc1ccc2ccccc2c1)c1cc(C)cc(C)c1. The molecule has 3 amide bonds. The number of amides is 3. The van der Waals surface area contributed by atoms with Gasteiger partial charge in [-0.1, -0.05) is 78.2 Å². The lowest BCUT2D eigenvalue weighted by Gasteiger charge is -2.31. The molecule has 3 N–H and O–H groups in total. The van der Waals surface area contributed by atoms with Crippen LogP contribution in [0.3, 0.4) is 0 Å². The van der Waals surface area contributed by atoms with E-state index in [-0.39, 0.29) is 12.2 Å². The molecule has 4 aromatic rings. The van der Waals surface area contributed by atoms with Crippen LogP contribution in [0.15, 0.2) is 84.9 Å². The van der Waals surface area contributed by atoms with Gasteiger partial charge < -0.3 is 20.5 Å². The molecule has 4 rings (SSSR count). The molecule has 0 aliphatic carbocycles. The molecule has 226 valence electrons. The molecule has 4 aromatic carbocycles. The minimum atomic E-state index is -1.22. The van der Waals surface area contributed by atoms with Crippen LogP contribution in [-0.2, 0) is 20.7 Å². The molecule has 2 atom stereocenters. The summed E-state index contributed by atoms with van der Waals surface area (Å²) >= 11 is 0. The summed E-state index contributed by atoms with van der Waals surface area (Å²) in [5, 5.41) is 17.3. The number of ether oxygens (including phenoxy) is 1. The van der Waals surface area contributed by atoms with Gasteiger partial charge in [0.15, 0.2) is 0 Å². The number of nitrogens with zero attached hydrogens (tertiary/aromatic N) is 1. The topological polar surface area (TPSA) is 108 Å². The fourth-order valence-electron chi connectivity index (χ4n) is 5.01. The maximum absolute atomic E-state index is 14.2. The van der Waals surface area contributed by atoms with E-state index in [9.17, 15) is 19.5 Å². The van der Waals surface area contributed by atoms with Crippen LogP contribution in [0.4, 0.5) is 10.5 Å². The van der Waals surface area contributed by atoms with Gasteiger partial charge in [0, 0.05) is 18.2 Å². The highest BCUT2D eigenvalue weighted by molar-refractivity contribution is 6.01. The summed E-state index contributed by atoms with van der Waals surface area (Å²) in [4.78, 5) is 42.2. The third-order valence-electron chi connectivity index (χ3n) is 6.83. The van der Waals surface area contributed by atoms with Gasteiger partial charge in [0.25, 0.3) is 11.8 Å². The number of terminal acetylenes is 1. The molecule has 0 fully saturated rings. The molecule has 0 saturated carbocycles. The van der Waals surface area contributed by atoms with E-state index in [4.69, 9.17) is 11.2 Å². The van der Waals surface area contributed by atoms with Crippen molar-refractivity contribution >= 4 is 34.4 Å². The van der Waals surface area contributed by atoms with Gasteiger partial charge in [-0.3, -0.25) is 14.5 Å². The van der Waals surface area contributed by atoms with Crippen molar-refractivity contribution in [3.63, 3.8) is 0 Å². The van der Waals surface area contributed by atoms with Crippen molar-refractivity contribution in [1.29, 1.82) is 0 Å². The van der Waals surface area contributed by atoms with E-state index < -0.39 is 35.6 Å². The van der Waals surface area contributed by atoms with Gasteiger partial charge in [-0.2, -0.15) is 0 Å². The Hall–Kier alpha value is -5.29. The van der Waals surface area contributed by atoms with E-state index in [0.29, 0.717) is 16.8 Å². The van der Waals surface area contributed by atoms with Crippen LogP contribution in [0.5, 0.6) is 5.75 Å². The van der Waals surface area contributed by atoms with Gasteiger partial charge in [0.1, 0.15) is 23.4 Å². The average molecular weight is 592 g/mol. The first-order valence-electron chi connectivity index (χ1n) is 14.3. The predicted molar refractivity (Wildman–Crippen MR) is 172 cm³/mol. The average Bonchev–Trinajstić information content (AvgIpc) is 2.94. The number of hydrogen-bond acceptors (Lipinski definition) is 5. The second-order valence-corrected chi connectivity index (χ2v) is 11.8. The lowest BCUT2D eigenvalue weighted by atomic mass is 9.97. The van der Waals surface area contributed by atoms with Crippen molar-refractivity contribution in [1.82, 2.24) is 10.2 Å². The molecule has 0 aromatic heterocycles. The van der Waals surface area contributed by atoms with Crippen LogP contribution < -0.4 is 10.6 Å². The zero-order valence-electron chi connectivity index (χ0n) is 25.5. The fourth-order valence-corrected chi connectivity index (χ4v) is 5.01. The smallest absolute Gasteiger partial charge is 0.408 e. The number of carbonyl (C=O) groups excluding carboxylic acids is 3. The van der Waals surface area contributed by atoms with Gasteiger partial charge in [-0.15, -0.1) is 0 Å². The number of nitrogens with one attached hydrogen (secondary N) is 2. The Kier molecular flexibility index (Phi) is 9.60. The van der Waals surface area contributed by atoms with E-state index in [1.807, 2.05) is 68.4 Å². The summed E-state index contributed by atoms with van der Waals surface area (Å²) < 4.78 is 5.44. The molecule has 2 unspecified atom stereocenters. The summed E-state index contributed by atoms with van der Waals surface area (Å²) in [5.41, 5.74) is 2.68. The van der Waals surface area contributed by atoms with Crippen molar-refractivity contribution in [2.75, 3.05) is 5.32 Å². The number of aromatic hydroxyl groups is 1. The van der Waals surface area contributed by atoms with Crippen molar-refractivity contribution in [2.45, 2.75) is 58.7 Å². The highest BCUT2D eigenvalue weighted by Crippen LogP contribution is 2.27. The van der Waals surface area contributed by atoms with Crippen LogP contribution >= 0.6 is 0 Å². The largest absolute Gasteiger partial charge is 0.508 e. The zero-order chi connectivity index (χ0) is 32.0. The monoisotopic (exact) mass is 591 g/mol. The maximum Gasteiger partial charge on any atom is 0.408 e. The summed E-state index contributed by atoms with van der Waals surface area (Å²) in [5.74, 6) is -1.14. The Morgan fingerprint density at radius 3 is 2.16 bits per heavy atom. The number of phenols is 1. The zero-order valence-corrected chi connectivity index (χ0v) is 25.5. The summed E-state index contributed by atoms with van der Waals surface area (Å²) in [7, 11) is 0. The minimum absolute atomic E-state index is 0.0302. The molecule has 0 spiro atoms. The molecule has 0 radical (unpaired) electrons. The summed E-state index contributed by atoms with van der Waals surface area (Å²) in [6.07, 6.45) is 5.20. The van der Waals surface area contributed by atoms with Crippen molar-refractivity contribution < 1.29 is 24.2 Å². The van der Waals surface area contributed by atoms with Crippen LogP contribution in [-0.4, -0.2) is 39.6 Å². The molecule has 0 bridgehead atoms. The minimum Gasteiger partial charge on any atom is -0.508 e. The van der Waals surface area contributed by atoms with Crippen molar-refractivity contribution in [3.05, 3.63) is 107 Å². The van der Waals surface area contributed by atoms with Crippen molar-refractivity contribution in [3.8, 4) is 18.2 Å². The Balaban J connectivity index is 1.73. The van der Waals surface area contributed by atoms with E-state index in [0.717, 1.165) is 26.8 Å². The standard InChI is InChI=1S/C36H37N3O5/c1-7-39(34(42)31(38-35(43)44-36(4,5)6)21-25-12-16-30(40)17-13-25)32(28-19-23(2)18-24(3)20-28)33(41)37-29-15-14-26-10-8-9-11-27(26)22-29/h1,8-20,22,31-32,40H,21H2,2-6H3,(H,37,41)(H,38,43). The lowest BCUT2D eigenvalue weighted by molar-refractivity contribution is -0.136.